The quantitative estimate of drug-likeness (QED) is 0.518. The Hall–Kier alpha value is -3.13. The Labute approximate surface area is 169 Å². The molecule has 1 amide bonds. The summed E-state index contributed by atoms with van der Waals surface area (Å²) in [4.78, 5) is 12.3. The molecule has 2 aromatic carbocycles. The summed E-state index contributed by atoms with van der Waals surface area (Å²) in [5.74, 6) is -1.26. The van der Waals surface area contributed by atoms with Crippen LogP contribution in [0.4, 0.5) is 18.9 Å². The van der Waals surface area contributed by atoms with Gasteiger partial charge in [0.1, 0.15) is 23.9 Å². The maximum absolute atomic E-state index is 13.3. The highest BCUT2D eigenvalue weighted by Crippen LogP contribution is 2.30. The first-order chi connectivity index (χ1) is 13.8. The molecule has 5 nitrogen and oxygen atoms in total. The average Bonchev–Trinajstić information content (AvgIpc) is 3.12. The minimum Gasteiger partial charge on any atom is -0.484 e. The topological polar surface area (TPSA) is 60.7 Å². The van der Waals surface area contributed by atoms with Gasteiger partial charge in [-0.1, -0.05) is 23.7 Å². The molecular formula is C20H15ClF3NO4. The van der Waals surface area contributed by atoms with Gasteiger partial charge in [-0.05, 0) is 42.8 Å². The van der Waals surface area contributed by atoms with E-state index in [0.717, 1.165) is 23.8 Å². The number of hydrogen-bond donors (Lipinski definition) is 1. The highest BCUT2D eigenvalue weighted by atomic mass is 35.5. The molecule has 0 saturated heterocycles. The van der Waals surface area contributed by atoms with Crippen LogP contribution >= 0.6 is 11.6 Å². The Bertz CT molecular complexity index is 1000. The second kappa shape index (κ2) is 8.91. The lowest BCUT2D eigenvalue weighted by Crippen LogP contribution is -2.13. The molecule has 0 bridgehead atoms. The molecule has 1 heterocycles. The van der Waals surface area contributed by atoms with Gasteiger partial charge in [0.15, 0.2) is 11.5 Å². The van der Waals surface area contributed by atoms with Crippen molar-refractivity contribution in [1.29, 1.82) is 0 Å². The van der Waals surface area contributed by atoms with E-state index in [1.165, 1.54) is 12.1 Å². The maximum Gasteiger partial charge on any atom is 0.387 e. The largest absolute Gasteiger partial charge is 0.484 e. The number of amides is 1. The zero-order valence-electron chi connectivity index (χ0n) is 15.0. The number of para-hydroxylation sites is 1. The predicted octanol–water partition coefficient (Wildman–Crippen LogP) is 5.81. The van der Waals surface area contributed by atoms with Crippen LogP contribution < -0.4 is 14.8 Å². The Morgan fingerprint density at radius 1 is 1.21 bits per heavy atom. The van der Waals surface area contributed by atoms with Gasteiger partial charge in [0, 0.05) is 6.07 Å². The number of aryl methyl sites for hydroxylation is 1. The number of furan rings is 1. The lowest BCUT2D eigenvalue weighted by Gasteiger charge is -2.11. The van der Waals surface area contributed by atoms with Crippen molar-refractivity contribution in [2.45, 2.75) is 20.1 Å². The molecule has 0 saturated carbocycles. The molecule has 1 N–H and O–H groups in total. The minimum absolute atomic E-state index is 0.0220. The van der Waals surface area contributed by atoms with Crippen LogP contribution in [0.5, 0.6) is 11.5 Å². The van der Waals surface area contributed by atoms with Gasteiger partial charge in [-0.25, -0.2) is 4.39 Å². The second-order valence-electron chi connectivity index (χ2n) is 5.91. The molecule has 0 fully saturated rings. The van der Waals surface area contributed by atoms with Gasteiger partial charge in [-0.3, -0.25) is 4.79 Å². The van der Waals surface area contributed by atoms with Crippen LogP contribution in [-0.2, 0) is 6.61 Å². The summed E-state index contributed by atoms with van der Waals surface area (Å²) in [5.41, 5.74) is 0.711. The van der Waals surface area contributed by atoms with Crippen LogP contribution in [-0.4, -0.2) is 12.5 Å². The van der Waals surface area contributed by atoms with Gasteiger partial charge in [-0.2, -0.15) is 8.78 Å². The van der Waals surface area contributed by atoms with Crippen LogP contribution in [0.25, 0.3) is 0 Å². The fraction of sp³-hybridized carbons (Fsp3) is 0.150. The Morgan fingerprint density at radius 3 is 2.72 bits per heavy atom. The van der Waals surface area contributed by atoms with Crippen LogP contribution in [0.1, 0.15) is 21.9 Å². The van der Waals surface area contributed by atoms with Crippen molar-refractivity contribution < 1.29 is 31.9 Å². The van der Waals surface area contributed by atoms with Crippen LogP contribution in [0.15, 0.2) is 52.9 Å². The van der Waals surface area contributed by atoms with E-state index in [1.807, 2.05) is 13.0 Å². The summed E-state index contributed by atoms with van der Waals surface area (Å²) in [6.07, 6.45) is 0. The number of carbonyl (C=O) groups excluding carboxylic acids is 1. The van der Waals surface area contributed by atoms with Gasteiger partial charge < -0.3 is 19.2 Å². The Kier molecular flexibility index (Phi) is 6.33. The van der Waals surface area contributed by atoms with E-state index in [0.29, 0.717) is 16.5 Å². The van der Waals surface area contributed by atoms with Crippen molar-refractivity contribution >= 4 is 23.2 Å². The van der Waals surface area contributed by atoms with Gasteiger partial charge in [0.2, 0.25) is 0 Å². The molecule has 3 aromatic rings. The van der Waals surface area contributed by atoms with Crippen molar-refractivity contribution in [1.82, 2.24) is 0 Å². The summed E-state index contributed by atoms with van der Waals surface area (Å²) in [6, 6.07) is 11.1. The van der Waals surface area contributed by atoms with E-state index in [9.17, 15) is 18.0 Å². The molecule has 1 aromatic heterocycles. The Morgan fingerprint density at radius 2 is 2.00 bits per heavy atom. The van der Waals surface area contributed by atoms with E-state index < -0.39 is 24.1 Å². The molecule has 0 unspecified atom stereocenters. The summed E-state index contributed by atoms with van der Waals surface area (Å²) < 4.78 is 53.5. The first-order valence-corrected chi connectivity index (χ1v) is 8.73. The third-order valence-corrected chi connectivity index (χ3v) is 4.11. The van der Waals surface area contributed by atoms with Crippen molar-refractivity contribution in [2.75, 3.05) is 5.32 Å². The van der Waals surface area contributed by atoms with Crippen LogP contribution in [0, 0.1) is 12.7 Å². The molecular weight excluding hydrogens is 411 g/mol. The zero-order valence-corrected chi connectivity index (χ0v) is 15.8. The third kappa shape index (κ3) is 5.23. The van der Waals surface area contributed by atoms with Crippen molar-refractivity contribution in [2.24, 2.45) is 0 Å². The van der Waals surface area contributed by atoms with E-state index in [-0.39, 0.29) is 18.1 Å². The van der Waals surface area contributed by atoms with Crippen LogP contribution in [0.2, 0.25) is 5.02 Å². The van der Waals surface area contributed by atoms with E-state index in [1.54, 1.807) is 12.1 Å². The molecule has 152 valence electrons. The molecule has 0 spiro atoms. The lowest BCUT2D eigenvalue weighted by atomic mass is 10.2. The number of rotatable bonds is 7. The van der Waals surface area contributed by atoms with E-state index in [2.05, 4.69) is 10.1 Å². The van der Waals surface area contributed by atoms with Crippen molar-refractivity contribution in [3.8, 4) is 11.5 Å². The number of alkyl halides is 2. The molecule has 29 heavy (non-hydrogen) atoms. The number of hydrogen-bond acceptors (Lipinski definition) is 4. The smallest absolute Gasteiger partial charge is 0.387 e. The van der Waals surface area contributed by atoms with E-state index in [4.69, 9.17) is 20.8 Å². The highest BCUT2D eigenvalue weighted by molar-refractivity contribution is 6.32. The lowest BCUT2D eigenvalue weighted by molar-refractivity contribution is -0.0495. The van der Waals surface area contributed by atoms with Gasteiger partial charge in [-0.15, -0.1) is 0 Å². The minimum atomic E-state index is -3.17. The predicted molar refractivity (Wildman–Crippen MR) is 100 cm³/mol. The molecule has 9 heteroatoms. The molecule has 0 atom stereocenters. The number of benzene rings is 2. The van der Waals surface area contributed by atoms with Gasteiger partial charge in [0.05, 0.1) is 10.7 Å². The van der Waals surface area contributed by atoms with Crippen molar-refractivity contribution in [3.63, 3.8) is 0 Å². The molecule has 0 radical (unpaired) electrons. The number of halogens is 4. The molecule has 0 aliphatic carbocycles. The SMILES string of the molecule is Cc1cccc(Cl)c1OCc1ccc(C(=O)Nc2ccc(F)cc2OC(F)F)o1. The zero-order chi connectivity index (χ0) is 21.0. The fourth-order valence-electron chi connectivity index (χ4n) is 2.50. The Balaban J connectivity index is 1.68. The van der Waals surface area contributed by atoms with E-state index >= 15 is 0 Å². The fourth-order valence-corrected chi connectivity index (χ4v) is 2.77. The second-order valence-corrected chi connectivity index (χ2v) is 6.32. The highest BCUT2D eigenvalue weighted by Gasteiger charge is 2.17. The summed E-state index contributed by atoms with van der Waals surface area (Å²) >= 11 is 6.09. The third-order valence-electron chi connectivity index (χ3n) is 3.82. The number of anilines is 1. The summed E-state index contributed by atoms with van der Waals surface area (Å²) in [7, 11) is 0. The number of ether oxygens (including phenoxy) is 2. The first kappa shape index (κ1) is 20.6. The molecule has 0 aliphatic heterocycles. The first-order valence-electron chi connectivity index (χ1n) is 8.36. The molecule has 3 rings (SSSR count). The van der Waals surface area contributed by atoms with Crippen molar-refractivity contribution in [3.05, 3.63) is 76.5 Å². The number of nitrogens with one attached hydrogen (secondary N) is 1. The van der Waals surface area contributed by atoms with Gasteiger partial charge >= 0.3 is 6.61 Å². The standard InChI is InChI=1S/C20H15ClF3NO4/c1-11-3-2-4-14(21)18(11)27-10-13-6-8-16(28-13)19(26)25-15-7-5-12(22)9-17(15)29-20(23)24/h2-9,20H,10H2,1H3,(H,25,26). The summed E-state index contributed by atoms with van der Waals surface area (Å²) in [5, 5.41) is 2.79. The van der Waals surface area contributed by atoms with Crippen LogP contribution in [0.3, 0.4) is 0 Å². The molecule has 0 aliphatic rings. The normalized spacial score (nSPS) is 10.8. The average molecular weight is 426 g/mol. The van der Waals surface area contributed by atoms with Gasteiger partial charge in [0.25, 0.3) is 5.91 Å². The maximum atomic E-state index is 13.3. The number of carbonyl (C=O) groups is 1. The monoisotopic (exact) mass is 425 g/mol. The summed E-state index contributed by atoms with van der Waals surface area (Å²) in [6.45, 7) is -1.31.